The maximum absolute atomic E-state index is 13.1. The average molecular weight is 236 g/mol. The van der Waals surface area contributed by atoms with Gasteiger partial charge in [0.25, 0.3) is 5.56 Å². The Morgan fingerprint density at radius 1 is 1.47 bits per heavy atom. The molecule has 2 rings (SSSR count). The van der Waals surface area contributed by atoms with E-state index < -0.39 is 5.82 Å². The molecule has 0 aliphatic carbocycles. The quantitative estimate of drug-likeness (QED) is 0.845. The van der Waals surface area contributed by atoms with Crippen LogP contribution < -0.4 is 5.56 Å². The van der Waals surface area contributed by atoms with Crippen LogP contribution in [0.3, 0.4) is 0 Å². The second-order valence-electron chi connectivity index (χ2n) is 3.70. The van der Waals surface area contributed by atoms with E-state index in [1.807, 2.05) is 6.92 Å². The molecule has 0 unspecified atom stereocenters. The number of nitrogens with one attached hydrogen (secondary N) is 1. The van der Waals surface area contributed by atoms with Crippen LogP contribution in [0.4, 0.5) is 4.39 Å². The van der Waals surface area contributed by atoms with E-state index in [1.54, 1.807) is 6.07 Å². The number of hydrogen-bond acceptors (Lipinski definition) is 2. The Hall–Kier alpha value is -1.88. The smallest absolute Gasteiger partial charge is 0.277 e. The number of aryl methyl sites for hydroxylation is 1. The predicted molar refractivity (Wildman–Crippen MR) is 61.6 cm³/mol. The number of rotatable bonds is 3. The van der Waals surface area contributed by atoms with Gasteiger partial charge in [-0.05, 0) is 24.6 Å². The summed E-state index contributed by atoms with van der Waals surface area (Å²) in [5, 5.41) is 12.0. The predicted octanol–water partition coefficient (Wildman–Crippen LogP) is 1.36. The average Bonchev–Trinajstić information content (AvgIpc) is 2.65. The van der Waals surface area contributed by atoms with Gasteiger partial charge in [-0.25, -0.2) is 9.07 Å². The van der Waals surface area contributed by atoms with Gasteiger partial charge in [0, 0.05) is 5.69 Å². The number of hydrogen-bond donors (Lipinski definition) is 2. The van der Waals surface area contributed by atoms with Crippen LogP contribution in [-0.2, 0) is 13.0 Å². The van der Waals surface area contributed by atoms with E-state index in [0.717, 1.165) is 0 Å². The normalized spacial score (nSPS) is 10.8. The first-order valence-electron chi connectivity index (χ1n) is 5.37. The van der Waals surface area contributed by atoms with E-state index in [2.05, 4.69) is 5.10 Å². The maximum Gasteiger partial charge on any atom is 0.277 e. The van der Waals surface area contributed by atoms with Crippen molar-refractivity contribution in [3.63, 3.8) is 0 Å². The summed E-state index contributed by atoms with van der Waals surface area (Å²) in [5.41, 5.74) is 1.08. The molecule has 0 bridgehead atoms. The van der Waals surface area contributed by atoms with Gasteiger partial charge in [0.2, 0.25) is 0 Å². The van der Waals surface area contributed by atoms with E-state index in [4.69, 9.17) is 5.11 Å². The molecule has 5 heteroatoms. The van der Waals surface area contributed by atoms with Crippen LogP contribution in [0.1, 0.15) is 18.2 Å². The van der Waals surface area contributed by atoms with Crippen LogP contribution in [0.15, 0.2) is 29.1 Å². The highest BCUT2D eigenvalue weighted by molar-refractivity contribution is 5.33. The molecule has 1 heterocycles. The molecule has 0 fully saturated rings. The third-order valence-electron chi connectivity index (χ3n) is 2.65. The van der Waals surface area contributed by atoms with Gasteiger partial charge < -0.3 is 5.11 Å². The number of halogens is 1. The summed E-state index contributed by atoms with van der Waals surface area (Å²) in [5.74, 6) is -0.410. The summed E-state index contributed by atoms with van der Waals surface area (Å²) in [4.78, 5) is 11.9. The van der Waals surface area contributed by atoms with Gasteiger partial charge in [-0.3, -0.25) is 9.89 Å². The molecule has 17 heavy (non-hydrogen) atoms. The van der Waals surface area contributed by atoms with Gasteiger partial charge in [-0.2, -0.15) is 0 Å². The lowest BCUT2D eigenvalue weighted by atomic mass is 10.2. The van der Waals surface area contributed by atoms with Crippen LogP contribution in [0.2, 0.25) is 0 Å². The number of H-pyrrole nitrogens is 1. The zero-order valence-corrected chi connectivity index (χ0v) is 9.40. The first-order chi connectivity index (χ1) is 8.17. The Morgan fingerprint density at radius 2 is 2.24 bits per heavy atom. The Bertz CT molecular complexity index is 586. The first-order valence-corrected chi connectivity index (χ1v) is 5.37. The number of aliphatic hydroxyl groups excluding tert-OH is 1. The Morgan fingerprint density at radius 3 is 2.76 bits per heavy atom. The van der Waals surface area contributed by atoms with Crippen LogP contribution in [-0.4, -0.2) is 14.9 Å². The summed E-state index contributed by atoms with van der Waals surface area (Å²) in [6, 6.07) is 5.73. The monoisotopic (exact) mass is 236 g/mol. The summed E-state index contributed by atoms with van der Waals surface area (Å²) in [6.07, 6.45) is 0.605. The van der Waals surface area contributed by atoms with Crippen molar-refractivity contribution in [3.05, 3.63) is 51.7 Å². The van der Waals surface area contributed by atoms with E-state index in [-0.39, 0.29) is 12.2 Å². The molecule has 0 amide bonds. The minimum Gasteiger partial charge on any atom is -0.391 e. The number of nitrogens with zero attached hydrogens (tertiary/aromatic N) is 1. The Kier molecular flexibility index (Phi) is 3.10. The van der Waals surface area contributed by atoms with Gasteiger partial charge in [0.05, 0.1) is 17.9 Å². The molecule has 2 aromatic rings. The van der Waals surface area contributed by atoms with Gasteiger partial charge in [0.15, 0.2) is 0 Å². The van der Waals surface area contributed by atoms with E-state index in [9.17, 15) is 9.18 Å². The molecule has 4 nitrogen and oxygen atoms in total. The van der Waals surface area contributed by atoms with Crippen molar-refractivity contribution >= 4 is 0 Å². The number of benzene rings is 1. The van der Waals surface area contributed by atoms with Crippen molar-refractivity contribution < 1.29 is 9.50 Å². The Labute approximate surface area is 97.3 Å². The van der Waals surface area contributed by atoms with Crippen LogP contribution in [0, 0.1) is 5.82 Å². The molecular formula is C12H13FN2O2. The molecule has 1 aromatic heterocycles. The van der Waals surface area contributed by atoms with Crippen molar-refractivity contribution in [2.24, 2.45) is 0 Å². The molecule has 0 saturated carbocycles. The molecule has 0 saturated heterocycles. The molecule has 0 radical (unpaired) electrons. The molecule has 0 spiro atoms. The van der Waals surface area contributed by atoms with Crippen molar-refractivity contribution in [1.82, 2.24) is 9.78 Å². The van der Waals surface area contributed by atoms with E-state index >= 15 is 0 Å². The molecule has 0 aliphatic heterocycles. The lowest BCUT2D eigenvalue weighted by Gasteiger charge is -2.01. The zero-order valence-electron chi connectivity index (χ0n) is 9.40. The molecule has 90 valence electrons. The van der Waals surface area contributed by atoms with Crippen molar-refractivity contribution in [2.75, 3.05) is 0 Å². The lowest BCUT2D eigenvalue weighted by molar-refractivity contribution is 0.279. The number of aromatic nitrogens is 2. The minimum absolute atomic E-state index is 0.319. The number of aromatic amines is 1. The van der Waals surface area contributed by atoms with Crippen LogP contribution in [0.25, 0.3) is 5.69 Å². The highest BCUT2D eigenvalue weighted by Gasteiger charge is 2.13. The maximum atomic E-state index is 13.1. The second kappa shape index (κ2) is 4.55. The van der Waals surface area contributed by atoms with Crippen molar-refractivity contribution in [3.8, 4) is 5.69 Å². The summed E-state index contributed by atoms with van der Waals surface area (Å²) in [6.45, 7) is 1.56. The fourth-order valence-corrected chi connectivity index (χ4v) is 1.77. The Balaban J connectivity index is 2.61. The van der Waals surface area contributed by atoms with Crippen LogP contribution in [0.5, 0.6) is 0 Å². The van der Waals surface area contributed by atoms with Gasteiger partial charge in [-0.1, -0.05) is 13.0 Å². The summed E-state index contributed by atoms with van der Waals surface area (Å²) in [7, 11) is 0. The molecule has 2 N–H and O–H groups in total. The van der Waals surface area contributed by atoms with Gasteiger partial charge in [-0.15, -0.1) is 0 Å². The fourth-order valence-electron chi connectivity index (χ4n) is 1.77. The molecular weight excluding hydrogens is 223 g/mol. The standard InChI is InChI=1S/C12H13FN2O2/c1-2-11-10(7-16)12(17)15(14-11)9-5-3-4-8(13)6-9/h3-6,14,16H,2,7H2,1H3. The first kappa shape index (κ1) is 11.6. The van der Waals surface area contributed by atoms with E-state index in [1.165, 1.54) is 22.9 Å². The van der Waals surface area contributed by atoms with Crippen LogP contribution >= 0.6 is 0 Å². The summed E-state index contributed by atoms with van der Waals surface area (Å²) >= 11 is 0. The number of aliphatic hydroxyl groups is 1. The summed E-state index contributed by atoms with van der Waals surface area (Å²) < 4.78 is 14.3. The third kappa shape index (κ3) is 2.01. The SMILES string of the molecule is CCc1[nH]n(-c2cccc(F)c2)c(=O)c1CO. The molecule has 1 aromatic carbocycles. The zero-order chi connectivity index (χ0) is 12.4. The van der Waals surface area contributed by atoms with Crippen molar-refractivity contribution in [2.45, 2.75) is 20.0 Å². The highest BCUT2D eigenvalue weighted by Crippen LogP contribution is 2.10. The van der Waals surface area contributed by atoms with Gasteiger partial charge >= 0.3 is 0 Å². The molecule has 0 atom stereocenters. The fraction of sp³-hybridized carbons (Fsp3) is 0.250. The largest absolute Gasteiger partial charge is 0.391 e. The topological polar surface area (TPSA) is 58.0 Å². The highest BCUT2D eigenvalue weighted by atomic mass is 19.1. The third-order valence-corrected chi connectivity index (χ3v) is 2.65. The second-order valence-corrected chi connectivity index (χ2v) is 3.70. The van der Waals surface area contributed by atoms with Crippen molar-refractivity contribution in [1.29, 1.82) is 0 Å². The minimum atomic E-state index is -0.410. The van der Waals surface area contributed by atoms with E-state index in [0.29, 0.717) is 23.4 Å². The van der Waals surface area contributed by atoms with Gasteiger partial charge in [0.1, 0.15) is 5.82 Å². The molecule has 0 aliphatic rings. The lowest BCUT2D eigenvalue weighted by Crippen LogP contribution is -2.17.